The fourth-order valence-electron chi connectivity index (χ4n) is 12.3. The van der Waals surface area contributed by atoms with Gasteiger partial charge in [0.05, 0.1) is 34.1 Å². The van der Waals surface area contributed by atoms with Crippen LogP contribution in [-0.2, 0) is 0 Å². The number of benzene rings is 14. The van der Waals surface area contributed by atoms with Gasteiger partial charge in [0.2, 0.25) is 0 Å². The lowest BCUT2D eigenvalue weighted by molar-refractivity contribution is 1.34. The Bertz CT molecular complexity index is 4600. The maximum Gasteiger partial charge on any atom is 0.0555 e. The normalized spacial score (nSPS) is 12.2. The third-order valence-corrected chi connectivity index (χ3v) is 17.6. The molecular weight excluding hydrogens is 909 g/mol. The third kappa shape index (κ3) is 5.70. The number of fused-ring (bicyclic) bond motifs is 12. The Morgan fingerprint density at radius 1 is 0.194 bits per heavy atom. The predicted octanol–water partition coefficient (Wildman–Crippen LogP) is 20.9. The molecule has 0 aliphatic heterocycles. The molecule has 0 atom stereocenters. The van der Waals surface area contributed by atoms with E-state index < -0.39 is 0 Å². The topological polar surface area (TPSA) is 6.48 Å². The molecule has 0 fully saturated rings. The smallest absolute Gasteiger partial charge is 0.0555 e. The van der Waals surface area contributed by atoms with Gasteiger partial charge in [-0.3, -0.25) is 0 Å². The number of nitrogens with zero attached hydrogens (tertiary/aromatic N) is 2. The molecule has 16 aromatic rings. The van der Waals surface area contributed by atoms with Crippen molar-refractivity contribution in [3.63, 3.8) is 0 Å². The van der Waals surface area contributed by atoms with Crippen molar-refractivity contribution in [1.82, 2.24) is 0 Å². The Hall–Kier alpha value is -8.80. The summed E-state index contributed by atoms with van der Waals surface area (Å²) in [6.07, 6.45) is 0. The summed E-state index contributed by atoms with van der Waals surface area (Å²) in [6.45, 7) is 0. The number of hydrogen-bond donors (Lipinski definition) is 0. The Balaban J connectivity index is 1.02. The molecule has 0 aliphatic carbocycles. The van der Waals surface area contributed by atoms with Crippen LogP contribution < -0.4 is 9.80 Å². The van der Waals surface area contributed by atoms with E-state index in [9.17, 15) is 0 Å². The molecule has 2 heterocycles. The summed E-state index contributed by atoms with van der Waals surface area (Å²) in [5, 5.41) is 22.4. The van der Waals surface area contributed by atoms with Gasteiger partial charge in [-0.2, -0.15) is 0 Å². The van der Waals surface area contributed by atoms with Crippen molar-refractivity contribution in [1.29, 1.82) is 0 Å². The Morgan fingerprint density at radius 2 is 0.556 bits per heavy atom. The van der Waals surface area contributed by atoms with Gasteiger partial charge in [-0.1, -0.05) is 182 Å². The van der Waals surface area contributed by atoms with E-state index in [0.29, 0.717) is 0 Å². The van der Waals surface area contributed by atoms with E-state index >= 15 is 0 Å². The highest BCUT2D eigenvalue weighted by molar-refractivity contribution is 7.26. The van der Waals surface area contributed by atoms with Crippen molar-refractivity contribution in [2.75, 3.05) is 9.80 Å². The van der Waals surface area contributed by atoms with Gasteiger partial charge >= 0.3 is 0 Å². The Labute approximate surface area is 422 Å². The zero-order chi connectivity index (χ0) is 47.0. The van der Waals surface area contributed by atoms with E-state index in [1.54, 1.807) is 0 Å². The van der Waals surface area contributed by atoms with Gasteiger partial charge in [-0.15, -0.1) is 22.7 Å². The zero-order valence-corrected chi connectivity index (χ0v) is 40.4. The zero-order valence-electron chi connectivity index (χ0n) is 38.8. The van der Waals surface area contributed by atoms with Crippen LogP contribution in [0.25, 0.3) is 116 Å². The molecule has 334 valence electrons. The first-order valence-electron chi connectivity index (χ1n) is 24.7. The summed E-state index contributed by atoms with van der Waals surface area (Å²) in [4.78, 5) is 5.16. The average molecular weight is 949 g/mol. The Kier molecular flexibility index (Phi) is 8.52. The first kappa shape index (κ1) is 40.0. The molecule has 16 rings (SSSR count). The number of thiophene rings is 2. The van der Waals surface area contributed by atoms with Crippen LogP contribution in [0, 0.1) is 0 Å². The fourth-order valence-corrected chi connectivity index (χ4v) is 14.5. The van der Waals surface area contributed by atoms with Gasteiger partial charge in [-0.05, 0) is 115 Å². The molecule has 0 saturated carbocycles. The molecule has 72 heavy (non-hydrogen) atoms. The summed E-state index contributed by atoms with van der Waals surface area (Å²) in [6, 6.07) is 90.9. The molecule has 2 nitrogen and oxygen atoms in total. The van der Waals surface area contributed by atoms with Crippen molar-refractivity contribution in [3.05, 3.63) is 243 Å². The minimum atomic E-state index is 1.15. The molecule has 0 spiro atoms. The molecular formula is C68H40N2S2. The van der Waals surface area contributed by atoms with Crippen molar-refractivity contribution in [2.24, 2.45) is 0 Å². The number of rotatable bonds is 6. The van der Waals surface area contributed by atoms with Crippen molar-refractivity contribution < 1.29 is 0 Å². The summed E-state index contributed by atoms with van der Waals surface area (Å²) in [5.41, 5.74) is 6.97. The second-order valence-electron chi connectivity index (χ2n) is 19.1. The minimum Gasteiger partial charge on any atom is -0.309 e. The van der Waals surface area contributed by atoms with Gasteiger partial charge in [0.15, 0.2) is 0 Å². The minimum absolute atomic E-state index is 1.15. The highest BCUT2D eigenvalue weighted by Gasteiger charge is 2.27. The molecule has 0 saturated heterocycles. The summed E-state index contributed by atoms with van der Waals surface area (Å²) < 4.78 is 5.14. The molecule has 4 heteroatoms. The van der Waals surface area contributed by atoms with Crippen molar-refractivity contribution >= 4 is 173 Å². The van der Waals surface area contributed by atoms with E-state index in [1.165, 1.54) is 127 Å². The maximum atomic E-state index is 2.58. The van der Waals surface area contributed by atoms with Gasteiger partial charge in [0.1, 0.15) is 0 Å². The van der Waals surface area contributed by atoms with Crippen LogP contribution >= 0.6 is 22.7 Å². The van der Waals surface area contributed by atoms with Crippen molar-refractivity contribution in [3.8, 4) is 0 Å². The first-order chi connectivity index (χ1) is 35.7. The van der Waals surface area contributed by atoms with E-state index in [-0.39, 0.29) is 0 Å². The summed E-state index contributed by atoms with van der Waals surface area (Å²) >= 11 is 3.74. The summed E-state index contributed by atoms with van der Waals surface area (Å²) in [5.74, 6) is 0. The highest BCUT2D eigenvalue weighted by atomic mass is 32.1. The lowest BCUT2D eigenvalue weighted by atomic mass is 9.91. The molecule has 2 aromatic heterocycles. The predicted molar refractivity (Wildman–Crippen MR) is 315 cm³/mol. The van der Waals surface area contributed by atoms with E-state index in [2.05, 4.69) is 252 Å². The first-order valence-corrected chi connectivity index (χ1v) is 26.3. The van der Waals surface area contributed by atoms with Crippen LogP contribution in [0.1, 0.15) is 0 Å². The van der Waals surface area contributed by atoms with Crippen LogP contribution in [0.2, 0.25) is 0 Å². The standard InChI is InChI=1S/C68H40N2S2/c1-3-17-45-43(15-1)39-59(49-21-7-5-19-47(45)49)69(57-25-13-29-63-67(57)53-23-9-11-27-61(53)71-63)55-37-33-41-32-36-52-56(38-34-42-31-35-51(55)65(41)66(42)52)70(58-26-14-30-64-68(58)54-24-10-12-28-62(54)72-64)60-40-44-16-2-4-18-46(44)48-20-6-8-22-50(48)60/h1-40H. The monoisotopic (exact) mass is 948 g/mol. The lowest BCUT2D eigenvalue weighted by Gasteiger charge is -2.31. The number of hydrogen-bond acceptors (Lipinski definition) is 4. The largest absolute Gasteiger partial charge is 0.309 e. The van der Waals surface area contributed by atoms with Gasteiger partial charge in [-0.25, -0.2) is 0 Å². The fraction of sp³-hybridized carbons (Fsp3) is 0. The molecule has 0 amide bonds. The number of anilines is 6. The molecule has 0 bridgehead atoms. The SMILES string of the molecule is c1ccc2c(c1)cc(N(c1ccc3ccc4c(N(c5cc6ccccc6c6ccccc56)c5cccc6sc7ccccc7c56)ccc5ccc1c3c54)c1cccc3sc4ccccc4c13)c1ccccc12. The molecule has 0 N–H and O–H groups in total. The quantitative estimate of drug-likeness (QED) is 0.153. The van der Waals surface area contributed by atoms with E-state index in [4.69, 9.17) is 0 Å². The molecule has 0 unspecified atom stereocenters. The van der Waals surface area contributed by atoms with E-state index in [1.807, 2.05) is 22.7 Å². The van der Waals surface area contributed by atoms with E-state index in [0.717, 1.165) is 22.7 Å². The highest BCUT2D eigenvalue weighted by Crippen LogP contribution is 2.54. The van der Waals surface area contributed by atoms with Gasteiger partial charge < -0.3 is 9.80 Å². The van der Waals surface area contributed by atoms with Crippen LogP contribution in [0.3, 0.4) is 0 Å². The molecule has 0 aliphatic rings. The molecule has 0 radical (unpaired) electrons. The Morgan fingerprint density at radius 3 is 1.01 bits per heavy atom. The second-order valence-corrected chi connectivity index (χ2v) is 21.3. The maximum absolute atomic E-state index is 2.58. The lowest BCUT2D eigenvalue weighted by Crippen LogP contribution is -2.12. The molecule has 14 aromatic carbocycles. The van der Waals surface area contributed by atoms with Crippen LogP contribution in [0.5, 0.6) is 0 Å². The van der Waals surface area contributed by atoms with Gasteiger partial charge in [0, 0.05) is 61.9 Å². The summed E-state index contributed by atoms with van der Waals surface area (Å²) in [7, 11) is 0. The average Bonchev–Trinajstić information content (AvgIpc) is 4.03. The van der Waals surface area contributed by atoms with Crippen molar-refractivity contribution in [2.45, 2.75) is 0 Å². The van der Waals surface area contributed by atoms with Crippen LogP contribution in [0.4, 0.5) is 34.1 Å². The van der Waals surface area contributed by atoms with Gasteiger partial charge in [0.25, 0.3) is 0 Å². The van der Waals surface area contributed by atoms with Crippen LogP contribution in [0.15, 0.2) is 243 Å². The van der Waals surface area contributed by atoms with Crippen LogP contribution in [-0.4, -0.2) is 0 Å². The second kappa shape index (κ2) is 15.3. The third-order valence-electron chi connectivity index (χ3n) is 15.3.